The molecule has 7 heteroatoms. The molecule has 29 heavy (non-hydrogen) atoms. The van der Waals surface area contributed by atoms with Crippen LogP contribution in [0.3, 0.4) is 0 Å². The summed E-state index contributed by atoms with van der Waals surface area (Å²) in [4.78, 5) is 0.138. The lowest BCUT2D eigenvalue weighted by Gasteiger charge is -2.12. The van der Waals surface area contributed by atoms with Crippen LogP contribution in [0.25, 0.3) is 0 Å². The molecule has 3 aromatic rings. The third kappa shape index (κ3) is 6.68. The van der Waals surface area contributed by atoms with Crippen LogP contribution < -0.4 is 15.2 Å². The third-order valence-electron chi connectivity index (χ3n) is 4.51. The second-order valence-electron chi connectivity index (χ2n) is 6.75. The zero-order chi connectivity index (χ0) is 20.7. The van der Waals surface area contributed by atoms with Crippen LogP contribution in [-0.2, 0) is 29.6 Å². The van der Waals surface area contributed by atoms with E-state index < -0.39 is 10.0 Å². The Balaban J connectivity index is 1.54. The molecule has 0 aliphatic carbocycles. The number of sulfonamides is 1. The van der Waals surface area contributed by atoms with Gasteiger partial charge in [0.1, 0.15) is 18.9 Å². The molecular weight excluding hydrogens is 452 g/mol. The third-order valence-corrected chi connectivity index (χ3v) is 5.94. The maximum Gasteiger partial charge on any atom is 0.238 e. The summed E-state index contributed by atoms with van der Waals surface area (Å²) < 4.78 is 29.7. The molecule has 0 aliphatic heterocycles. The Kier molecular flexibility index (Phi) is 7.44. The monoisotopic (exact) mass is 475 g/mol. The zero-order valence-corrected chi connectivity index (χ0v) is 18.3. The number of primary sulfonamides is 1. The van der Waals surface area contributed by atoms with Crippen LogP contribution in [0.15, 0.2) is 82.2 Å². The molecule has 3 rings (SSSR count). The molecule has 152 valence electrons. The Morgan fingerprint density at radius 2 is 1.66 bits per heavy atom. The average Bonchev–Trinajstić information content (AvgIpc) is 2.71. The maximum atomic E-state index is 11.3. The fourth-order valence-corrected chi connectivity index (χ4v) is 3.88. The minimum Gasteiger partial charge on any atom is -0.488 e. The van der Waals surface area contributed by atoms with Gasteiger partial charge in [0.2, 0.25) is 10.0 Å². The first-order valence-corrected chi connectivity index (χ1v) is 11.6. The zero-order valence-electron chi connectivity index (χ0n) is 15.9. The van der Waals surface area contributed by atoms with E-state index >= 15 is 0 Å². The summed E-state index contributed by atoms with van der Waals surface area (Å²) in [5.74, 6) is 0.880. The molecule has 4 N–H and O–H groups in total. The normalized spacial score (nSPS) is 11.4. The lowest BCUT2D eigenvalue weighted by molar-refractivity contribution is -0.670. The van der Waals surface area contributed by atoms with Gasteiger partial charge in [-0.2, -0.15) is 0 Å². The van der Waals surface area contributed by atoms with Gasteiger partial charge in [-0.1, -0.05) is 58.4 Å². The maximum absolute atomic E-state index is 11.3. The molecule has 3 aromatic carbocycles. The summed E-state index contributed by atoms with van der Waals surface area (Å²) in [6, 6.07) is 22.9. The van der Waals surface area contributed by atoms with Gasteiger partial charge in [0.05, 0.1) is 11.4 Å². The highest BCUT2D eigenvalue weighted by Crippen LogP contribution is 2.23. The molecular formula is C22H24BrN2O3S+. The van der Waals surface area contributed by atoms with E-state index in [4.69, 9.17) is 9.88 Å². The highest BCUT2D eigenvalue weighted by molar-refractivity contribution is 9.10. The summed E-state index contributed by atoms with van der Waals surface area (Å²) in [7, 11) is -3.64. The number of rotatable bonds is 9. The largest absolute Gasteiger partial charge is 0.488 e. The molecule has 0 amide bonds. The van der Waals surface area contributed by atoms with Gasteiger partial charge in [-0.15, -0.1) is 0 Å². The van der Waals surface area contributed by atoms with E-state index in [-0.39, 0.29) is 4.90 Å². The molecule has 0 atom stereocenters. The van der Waals surface area contributed by atoms with Gasteiger partial charge in [-0.25, -0.2) is 13.6 Å². The van der Waals surface area contributed by atoms with Gasteiger partial charge >= 0.3 is 0 Å². The highest BCUT2D eigenvalue weighted by atomic mass is 79.9. The molecule has 0 saturated heterocycles. The van der Waals surface area contributed by atoms with E-state index in [2.05, 4.69) is 27.3 Å². The SMILES string of the molecule is NS(=O)(=O)c1ccc(CC[NH2+]Cc2cc(Br)ccc2OCc2ccccc2)cc1. The minimum absolute atomic E-state index is 0.138. The van der Waals surface area contributed by atoms with Crippen LogP contribution in [0.2, 0.25) is 0 Å². The number of hydrogen-bond acceptors (Lipinski definition) is 3. The minimum atomic E-state index is -3.64. The van der Waals surface area contributed by atoms with Crippen LogP contribution in [-0.4, -0.2) is 15.0 Å². The second kappa shape index (κ2) is 10.0. The molecule has 0 spiro atoms. The quantitative estimate of drug-likeness (QED) is 0.466. The Hall–Kier alpha value is -2.19. The van der Waals surface area contributed by atoms with Gasteiger partial charge in [0, 0.05) is 16.5 Å². The summed E-state index contributed by atoms with van der Waals surface area (Å²) >= 11 is 3.53. The Morgan fingerprint density at radius 3 is 2.34 bits per heavy atom. The summed E-state index contributed by atoms with van der Waals surface area (Å²) in [5, 5.41) is 7.34. The van der Waals surface area contributed by atoms with Crippen molar-refractivity contribution in [1.82, 2.24) is 0 Å². The fourth-order valence-electron chi connectivity index (χ4n) is 2.96. The van der Waals surface area contributed by atoms with Crippen molar-refractivity contribution in [3.8, 4) is 5.75 Å². The first-order chi connectivity index (χ1) is 13.9. The van der Waals surface area contributed by atoms with Gasteiger partial charge in [0.15, 0.2) is 0 Å². The summed E-state index contributed by atoms with van der Waals surface area (Å²) in [6.45, 7) is 2.20. The lowest BCUT2D eigenvalue weighted by Crippen LogP contribution is -2.83. The second-order valence-corrected chi connectivity index (χ2v) is 9.22. The van der Waals surface area contributed by atoms with Crippen molar-refractivity contribution in [2.45, 2.75) is 24.5 Å². The van der Waals surface area contributed by atoms with Crippen LogP contribution in [0.4, 0.5) is 0 Å². The van der Waals surface area contributed by atoms with Crippen molar-refractivity contribution in [2.24, 2.45) is 5.14 Å². The number of nitrogens with two attached hydrogens (primary N) is 2. The average molecular weight is 476 g/mol. The van der Waals surface area contributed by atoms with Gasteiger partial charge in [-0.3, -0.25) is 0 Å². The van der Waals surface area contributed by atoms with Gasteiger partial charge < -0.3 is 10.1 Å². The van der Waals surface area contributed by atoms with E-state index in [1.54, 1.807) is 24.3 Å². The number of ether oxygens (including phenoxy) is 1. The predicted octanol–water partition coefficient (Wildman–Crippen LogP) is 2.98. The number of hydrogen-bond donors (Lipinski definition) is 2. The van der Waals surface area contributed by atoms with Crippen LogP contribution >= 0.6 is 15.9 Å². The van der Waals surface area contributed by atoms with E-state index in [0.717, 1.165) is 46.4 Å². The fraction of sp³-hybridized carbons (Fsp3) is 0.182. The predicted molar refractivity (Wildman–Crippen MR) is 117 cm³/mol. The summed E-state index contributed by atoms with van der Waals surface area (Å²) in [5.41, 5.74) is 3.33. The number of halogens is 1. The van der Waals surface area contributed by atoms with Crippen molar-refractivity contribution in [3.05, 3.63) is 94.0 Å². The highest BCUT2D eigenvalue weighted by Gasteiger charge is 2.09. The molecule has 0 fully saturated rings. The Labute approximate surface area is 180 Å². The molecule has 0 aliphatic rings. The van der Waals surface area contributed by atoms with Crippen molar-refractivity contribution < 1.29 is 18.5 Å². The first kappa shape index (κ1) is 21.5. The molecule has 0 saturated carbocycles. The van der Waals surface area contributed by atoms with Crippen molar-refractivity contribution in [3.63, 3.8) is 0 Å². The van der Waals surface area contributed by atoms with E-state index in [1.807, 2.05) is 42.5 Å². The molecule has 0 radical (unpaired) electrons. The van der Waals surface area contributed by atoms with E-state index in [9.17, 15) is 8.42 Å². The van der Waals surface area contributed by atoms with E-state index in [1.165, 1.54) is 0 Å². The van der Waals surface area contributed by atoms with Crippen molar-refractivity contribution >= 4 is 26.0 Å². The van der Waals surface area contributed by atoms with Crippen molar-refractivity contribution in [2.75, 3.05) is 6.54 Å². The van der Waals surface area contributed by atoms with E-state index in [0.29, 0.717) is 6.61 Å². The van der Waals surface area contributed by atoms with Crippen LogP contribution in [0, 0.1) is 0 Å². The molecule has 0 unspecified atom stereocenters. The van der Waals surface area contributed by atoms with Crippen LogP contribution in [0.5, 0.6) is 5.75 Å². The Bertz CT molecular complexity index is 1040. The molecule has 0 heterocycles. The number of quaternary nitrogens is 1. The molecule has 0 bridgehead atoms. The standard InChI is InChI=1S/C22H23BrN2O3S/c23-20-8-11-22(28-16-18-4-2-1-3-5-18)19(14-20)15-25-13-12-17-6-9-21(10-7-17)29(24,26)27/h1-11,14,25H,12-13,15-16H2,(H2,24,26,27)/p+1. The lowest BCUT2D eigenvalue weighted by atomic mass is 10.1. The topological polar surface area (TPSA) is 86.0 Å². The molecule has 0 aromatic heterocycles. The Morgan fingerprint density at radius 1 is 0.931 bits per heavy atom. The first-order valence-electron chi connectivity index (χ1n) is 9.30. The molecule has 5 nitrogen and oxygen atoms in total. The van der Waals surface area contributed by atoms with Gasteiger partial charge in [0.25, 0.3) is 0 Å². The number of benzene rings is 3. The smallest absolute Gasteiger partial charge is 0.238 e. The summed E-state index contributed by atoms with van der Waals surface area (Å²) in [6.07, 6.45) is 0.832. The van der Waals surface area contributed by atoms with Crippen molar-refractivity contribution in [1.29, 1.82) is 0 Å². The van der Waals surface area contributed by atoms with Gasteiger partial charge in [-0.05, 0) is 41.5 Å². The van der Waals surface area contributed by atoms with Crippen LogP contribution in [0.1, 0.15) is 16.7 Å².